The van der Waals surface area contributed by atoms with Crippen molar-refractivity contribution in [1.29, 1.82) is 0 Å². The first-order valence-electron chi connectivity index (χ1n) is 7.13. The predicted octanol–water partition coefficient (Wildman–Crippen LogP) is 2.50. The number of aryl methyl sites for hydroxylation is 2. The lowest BCUT2D eigenvalue weighted by Gasteiger charge is -2.29. The van der Waals surface area contributed by atoms with Crippen molar-refractivity contribution in [2.45, 2.75) is 26.7 Å². The molecule has 0 spiro atoms. The maximum atomic E-state index is 5.81. The third-order valence-corrected chi connectivity index (χ3v) is 3.63. The van der Waals surface area contributed by atoms with Crippen LogP contribution in [0.4, 0.5) is 5.69 Å². The van der Waals surface area contributed by atoms with Crippen LogP contribution in [-0.4, -0.2) is 31.2 Å². The molecule has 1 aromatic carbocycles. The van der Waals surface area contributed by atoms with Crippen molar-refractivity contribution >= 4 is 16.8 Å². The molecule has 2 heterocycles. The van der Waals surface area contributed by atoms with Crippen LogP contribution in [0.1, 0.15) is 24.8 Å². The molecule has 1 aromatic heterocycles. The predicted molar refractivity (Wildman–Crippen MR) is 77.8 cm³/mol. The molecule has 1 aliphatic rings. The number of nitrogens with one attached hydrogen (secondary N) is 1. The smallest absolute Gasteiger partial charge is 0.192 e. The molecule has 102 valence electrons. The SMILES string of the molecule is CCCc1cc(N2CCNCC2)c2oc(C)nc2c1. The molecule has 4 nitrogen and oxygen atoms in total. The largest absolute Gasteiger partial charge is 0.439 e. The van der Waals surface area contributed by atoms with Crippen LogP contribution in [0.3, 0.4) is 0 Å². The average Bonchev–Trinajstić information content (AvgIpc) is 2.79. The number of rotatable bonds is 3. The molecule has 0 radical (unpaired) electrons. The number of nitrogens with zero attached hydrogens (tertiary/aromatic N) is 2. The van der Waals surface area contributed by atoms with Gasteiger partial charge in [-0.05, 0) is 24.1 Å². The molecule has 0 bridgehead atoms. The molecule has 1 N–H and O–H groups in total. The fourth-order valence-corrected chi connectivity index (χ4v) is 2.76. The third kappa shape index (κ3) is 2.45. The first-order valence-corrected chi connectivity index (χ1v) is 7.13. The Hall–Kier alpha value is -1.55. The van der Waals surface area contributed by atoms with Crippen molar-refractivity contribution in [3.05, 3.63) is 23.6 Å². The quantitative estimate of drug-likeness (QED) is 0.919. The van der Waals surface area contributed by atoms with Gasteiger partial charge in [0.25, 0.3) is 0 Å². The minimum Gasteiger partial charge on any atom is -0.439 e. The van der Waals surface area contributed by atoms with Crippen molar-refractivity contribution < 1.29 is 4.42 Å². The Morgan fingerprint density at radius 1 is 1.32 bits per heavy atom. The fourth-order valence-electron chi connectivity index (χ4n) is 2.76. The summed E-state index contributed by atoms with van der Waals surface area (Å²) in [7, 11) is 0. The lowest BCUT2D eigenvalue weighted by Crippen LogP contribution is -2.43. The number of anilines is 1. The maximum Gasteiger partial charge on any atom is 0.192 e. The Kier molecular flexibility index (Phi) is 3.42. The number of aromatic nitrogens is 1. The second-order valence-corrected chi connectivity index (χ2v) is 5.18. The van der Waals surface area contributed by atoms with Gasteiger partial charge in [0.1, 0.15) is 5.52 Å². The highest BCUT2D eigenvalue weighted by atomic mass is 16.3. The molecule has 0 atom stereocenters. The minimum atomic E-state index is 0.750. The molecular formula is C15H21N3O. The number of oxazole rings is 1. The van der Waals surface area contributed by atoms with Gasteiger partial charge >= 0.3 is 0 Å². The van der Waals surface area contributed by atoms with E-state index in [1.807, 2.05) is 6.92 Å². The highest BCUT2D eigenvalue weighted by molar-refractivity contribution is 5.88. The summed E-state index contributed by atoms with van der Waals surface area (Å²) in [4.78, 5) is 6.91. The molecule has 3 rings (SSSR count). The molecule has 1 aliphatic heterocycles. The number of piperazine rings is 1. The summed E-state index contributed by atoms with van der Waals surface area (Å²) in [6.45, 7) is 8.26. The lowest BCUT2D eigenvalue weighted by atomic mass is 10.1. The summed E-state index contributed by atoms with van der Waals surface area (Å²) in [6, 6.07) is 4.45. The van der Waals surface area contributed by atoms with Gasteiger partial charge in [0.2, 0.25) is 0 Å². The molecule has 0 amide bonds. The Balaban J connectivity index is 2.08. The van der Waals surface area contributed by atoms with E-state index in [4.69, 9.17) is 4.42 Å². The van der Waals surface area contributed by atoms with Crippen LogP contribution in [0, 0.1) is 6.92 Å². The van der Waals surface area contributed by atoms with Crippen LogP contribution in [0.5, 0.6) is 0 Å². The van der Waals surface area contributed by atoms with E-state index in [0.29, 0.717) is 0 Å². The summed E-state index contributed by atoms with van der Waals surface area (Å²) in [5.41, 5.74) is 4.51. The molecule has 1 fully saturated rings. The molecule has 0 aliphatic carbocycles. The number of fused-ring (bicyclic) bond motifs is 1. The Morgan fingerprint density at radius 2 is 2.11 bits per heavy atom. The molecule has 0 unspecified atom stereocenters. The van der Waals surface area contributed by atoms with Gasteiger partial charge < -0.3 is 14.6 Å². The molecule has 4 heteroatoms. The van der Waals surface area contributed by atoms with Gasteiger partial charge in [0.15, 0.2) is 11.5 Å². The van der Waals surface area contributed by atoms with E-state index in [-0.39, 0.29) is 0 Å². The molecule has 2 aromatic rings. The van der Waals surface area contributed by atoms with E-state index in [2.05, 4.69) is 34.3 Å². The Labute approximate surface area is 113 Å². The highest BCUT2D eigenvalue weighted by Crippen LogP contribution is 2.30. The molecular weight excluding hydrogens is 238 g/mol. The van der Waals surface area contributed by atoms with Gasteiger partial charge in [0, 0.05) is 33.1 Å². The lowest BCUT2D eigenvalue weighted by molar-refractivity contribution is 0.552. The van der Waals surface area contributed by atoms with Gasteiger partial charge in [-0.1, -0.05) is 13.3 Å². The maximum absolute atomic E-state index is 5.81. The Morgan fingerprint density at radius 3 is 2.84 bits per heavy atom. The first kappa shape index (κ1) is 12.5. The van der Waals surface area contributed by atoms with E-state index < -0.39 is 0 Å². The van der Waals surface area contributed by atoms with E-state index in [1.165, 1.54) is 11.3 Å². The van der Waals surface area contributed by atoms with Crippen LogP contribution in [0.25, 0.3) is 11.1 Å². The fraction of sp³-hybridized carbons (Fsp3) is 0.533. The summed E-state index contributed by atoms with van der Waals surface area (Å²) in [5.74, 6) is 0.750. The van der Waals surface area contributed by atoms with Gasteiger partial charge in [-0.3, -0.25) is 0 Å². The van der Waals surface area contributed by atoms with E-state index in [0.717, 1.165) is 56.0 Å². The van der Waals surface area contributed by atoms with E-state index in [1.54, 1.807) is 0 Å². The van der Waals surface area contributed by atoms with E-state index in [9.17, 15) is 0 Å². The zero-order chi connectivity index (χ0) is 13.2. The number of hydrogen-bond acceptors (Lipinski definition) is 4. The summed E-state index contributed by atoms with van der Waals surface area (Å²) >= 11 is 0. The van der Waals surface area contributed by atoms with Crippen LogP contribution >= 0.6 is 0 Å². The summed E-state index contributed by atoms with van der Waals surface area (Å²) in [5, 5.41) is 3.39. The average molecular weight is 259 g/mol. The van der Waals surface area contributed by atoms with E-state index >= 15 is 0 Å². The normalized spacial score (nSPS) is 16.2. The Bertz CT molecular complexity index is 570. The van der Waals surface area contributed by atoms with Gasteiger partial charge in [-0.15, -0.1) is 0 Å². The monoisotopic (exact) mass is 259 g/mol. The van der Waals surface area contributed by atoms with Crippen LogP contribution < -0.4 is 10.2 Å². The van der Waals surface area contributed by atoms with Crippen LogP contribution in [-0.2, 0) is 6.42 Å². The topological polar surface area (TPSA) is 41.3 Å². The van der Waals surface area contributed by atoms with Gasteiger partial charge in [-0.25, -0.2) is 4.98 Å². The summed E-state index contributed by atoms with van der Waals surface area (Å²) in [6.07, 6.45) is 2.25. The second kappa shape index (κ2) is 5.21. The van der Waals surface area contributed by atoms with Crippen molar-refractivity contribution in [1.82, 2.24) is 10.3 Å². The zero-order valence-corrected chi connectivity index (χ0v) is 11.7. The number of benzene rings is 1. The first-order chi connectivity index (χ1) is 9.28. The van der Waals surface area contributed by atoms with Crippen LogP contribution in [0.2, 0.25) is 0 Å². The van der Waals surface area contributed by atoms with Gasteiger partial charge in [0.05, 0.1) is 5.69 Å². The summed E-state index contributed by atoms with van der Waals surface area (Å²) < 4.78 is 5.81. The zero-order valence-electron chi connectivity index (χ0n) is 11.7. The molecule has 19 heavy (non-hydrogen) atoms. The van der Waals surface area contributed by atoms with Crippen molar-refractivity contribution in [3.63, 3.8) is 0 Å². The third-order valence-electron chi connectivity index (χ3n) is 3.63. The van der Waals surface area contributed by atoms with Crippen molar-refractivity contribution in [3.8, 4) is 0 Å². The molecule has 0 saturated carbocycles. The molecule has 1 saturated heterocycles. The highest BCUT2D eigenvalue weighted by Gasteiger charge is 2.17. The standard InChI is InChI=1S/C15H21N3O/c1-3-4-12-9-13-15(19-11(2)17-13)14(10-12)18-7-5-16-6-8-18/h9-10,16H,3-8H2,1-2H3. The van der Waals surface area contributed by atoms with Crippen molar-refractivity contribution in [2.24, 2.45) is 0 Å². The van der Waals surface area contributed by atoms with Gasteiger partial charge in [-0.2, -0.15) is 0 Å². The minimum absolute atomic E-state index is 0.750. The number of hydrogen-bond donors (Lipinski definition) is 1. The van der Waals surface area contributed by atoms with Crippen LogP contribution in [0.15, 0.2) is 16.5 Å². The van der Waals surface area contributed by atoms with Crippen molar-refractivity contribution in [2.75, 3.05) is 31.1 Å². The second-order valence-electron chi connectivity index (χ2n) is 5.18.